The van der Waals surface area contributed by atoms with Gasteiger partial charge in [0.25, 0.3) is 5.91 Å². The zero-order valence-corrected chi connectivity index (χ0v) is 18.5. The molecule has 0 aliphatic carbocycles. The molecule has 0 spiro atoms. The summed E-state index contributed by atoms with van der Waals surface area (Å²) in [5, 5.41) is 13.2. The molecule has 0 bridgehead atoms. The predicted octanol–water partition coefficient (Wildman–Crippen LogP) is 2.22. The second kappa shape index (κ2) is 9.75. The van der Waals surface area contributed by atoms with E-state index in [0.29, 0.717) is 5.92 Å². The number of hydrogen-bond donors (Lipinski definition) is 3. The van der Waals surface area contributed by atoms with Crippen LogP contribution in [0.5, 0.6) is 5.75 Å². The number of phenols is 1. The number of urea groups is 1. The van der Waals surface area contributed by atoms with Crippen LogP contribution in [0, 0.1) is 5.92 Å². The molecule has 0 unspecified atom stereocenters. The molecule has 0 radical (unpaired) electrons. The molecule has 3 amide bonds. The largest absolute Gasteiger partial charge is 0.507 e. The number of anilines is 1. The zero-order valence-electron chi connectivity index (χ0n) is 17.7. The van der Waals surface area contributed by atoms with Crippen molar-refractivity contribution in [3.05, 3.63) is 22.7 Å². The van der Waals surface area contributed by atoms with Gasteiger partial charge in [-0.1, -0.05) is 11.6 Å². The number of phenolic OH excluding ortho intramolecular Hbond substituents is 1. The highest BCUT2D eigenvalue weighted by molar-refractivity contribution is 6.33. The Labute approximate surface area is 182 Å². The lowest BCUT2D eigenvalue weighted by Gasteiger charge is -2.38. The third-order valence-corrected chi connectivity index (χ3v) is 6.39. The van der Waals surface area contributed by atoms with E-state index >= 15 is 0 Å². The Bertz CT molecular complexity index is 772. The van der Waals surface area contributed by atoms with Crippen LogP contribution < -0.4 is 11.1 Å². The number of piperidine rings is 2. The van der Waals surface area contributed by atoms with Crippen LogP contribution in [-0.2, 0) is 0 Å². The van der Waals surface area contributed by atoms with Gasteiger partial charge in [-0.3, -0.25) is 4.79 Å². The zero-order chi connectivity index (χ0) is 21.8. The molecule has 3 rings (SSSR count). The van der Waals surface area contributed by atoms with E-state index in [4.69, 9.17) is 17.3 Å². The average Bonchev–Trinajstić information content (AvgIpc) is 2.72. The Morgan fingerprint density at radius 3 is 2.40 bits per heavy atom. The first-order valence-corrected chi connectivity index (χ1v) is 10.9. The number of amides is 3. The highest BCUT2D eigenvalue weighted by Gasteiger charge is 2.27. The molecule has 1 aromatic carbocycles. The molecule has 2 aliphatic rings. The fourth-order valence-corrected chi connectivity index (χ4v) is 4.40. The molecule has 1 aromatic rings. The lowest BCUT2D eigenvalue weighted by atomic mass is 9.94. The number of nitrogens with zero attached hydrogens (tertiary/aromatic N) is 3. The number of likely N-dealkylation sites (tertiary alicyclic amines) is 2. The molecule has 2 saturated heterocycles. The molecular weight excluding hydrogens is 406 g/mol. The van der Waals surface area contributed by atoms with E-state index in [0.717, 1.165) is 58.4 Å². The summed E-state index contributed by atoms with van der Waals surface area (Å²) in [6.07, 6.45) is 3.81. The highest BCUT2D eigenvalue weighted by atomic mass is 35.5. The van der Waals surface area contributed by atoms with Crippen LogP contribution in [0.2, 0.25) is 5.02 Å². The fourth-order valence-electron chi connectivity index (χ4n) is 4.24. The minimum Gasteiger partial charge on any atom is -0.507 e. The molecule has 0 saturated carbocycles. The first-order chi connectivity index (χ1) is 14.2. The molecule has 2 fully saturated rings. The number of hydrogen-bond acceptors (Lipinski definition) is 5. The van der Waals surface area contributed by atoms with Crippen molar-refractivity contribution in [2.45, 2.75) is 31.7 Å². The van der Waals surface area contributed by atoms with Crippen molar-refractivity contribution >= 4 is 29.2 Å². The Balaban J connectivity index is 1.42. The van der Waals surface area contributed by atoms with Crippen LogP contribution in [0.4, 0.5) is 10.5 Å². The van der Waals surface area contributed by atoms with E-state index in [2.05, 4.69) is 10.2 Å². The number of nitrogens with two attached hydrogens (primary N) is 1. The van der Waals surface area contributed by atoms with Crippen molar-refractivity contribution in [2.75, 3.05) is 52.6 Å². The third-order valence-electron chi connectivity index (χ3n) is 6.07. The van der Waals surface area contributed by atoms with Crippen LogP contribution in [0.1, 0.15) is 36.0 Å². The van der Waals surface area contributed by atoms with Crippen LogP contribution in [0.15, 0.2) is 12.1 Å². The first kappa shape index (κ1) is 22.5. The maximum absolute atomic E-state index is 12.5. The number of nitrogens with one attached hydrogen (secondary N) is 1. The van der Waals surface area contributed by atoms with Crippen molar-refractivity contribution in [1.29, 1.82) is 0 Å². The number of carbonyl (C=O) groups is 2. The molecule has 8 nitrogen and oxygen atoms in total. The van der Waals surface area contributed by atoms with E-state index in [1.165, 1.54) is 12.1 Å². The number of benzene rings is 1. The van der Waals surface area contributed by atoms with Crippen molar-refractivity contribution in [3.63, 3.8) is 0 Å². The van der Waals surface area contributed by atoms with Crippen LogP contribution >= 0.6 is 11.6 Å². The van der Waals surface area contributed by atoms with E-state index in [1.807, 2.05) is 4.90 Å². The topological polar surface area (TPSA) is 102 Å². The molecule has 166 valence electrons. The molecule has 2 heterocycles. The SMILES string of the molecule is CN(C)C(=O)N1CCC(CN2CCC(NC(=O)c3cc(Cl)c(N)cc3O)CC2)CC1. The van der Waals surface area contributed by atoms with Gasteiger partial charge in [-0.25, -0.2) is 4.79 Å². The summed E-state index contributed by atoms with van der Waals surface area (Å²) >= 11 is 5.98. The van der Waals surface area contributed by atoms with Gasteiger partial charge in [0, 0.05) is 58.9 Å². The molecule has 0 aromatic heterocycles. The van der Waals surface area contributed by atoms with Crippen molar-refractivity contribution in [1.82, 2.24) is 20.0 Å². The molecular formula is C21H32ClN5O3. The summed E-state index contributed by atoms with van der Waals surface area (Å²) in [4.78, 5) is 30.6. The lowest BCUT2D eigenvalue weighted by Crippen LogP contribution is -2.48. The smallest absolute Gasteiger partial charge is 0.319 e. The van der Waals surface area contributed by atoms with Gasteiger partial charge in [-0.2, -0.15) is 0 Å². The molecule has 2 aliphatic heterocycles. The summed E-state index contributed by atoms with van der Waals surface area (Å²) in [6.45, 7) is 4.54. The summed E-state index contributed by atoms with van der Waals surface area (Å²) in [7, 11) is 3.58. The standard InChI is InChI=1S/C21H32ClN5O3/c1-25(2)21(30)27-9-3-14(4-10-27)13-26-7-5-15(6-8-26)24-20(29)16-11-17(22)18(23)12-19(16)28/h11-12,14-15,28H,3-10,13,23H2,1-2H3,(H,24,29). The summed E-state index contributed by atoms with van der Waals surface area (Å²) < 4.78 is 0. The number of rotatable bonds is 4. The molecule has 4 N–H and O–H groups in total. The predicted molar refractivity (Wildman–Crippen MR) is 118 cm³/mol. The third kappa shape index (κ3) is 5.49. The Morgan fingerprint density at radius 2 is 1.80 bits per heavy atom. The quantitative estimate of drug-likeness (QED) is 0.627. The Morgan fingerprint density at radius 1 is 1.17 bits per heavy atom. The van der Waals surface area contributed by atoms with E-state index in [1.54, 1.807) is 19.0 Å². The van der Waals surface area contributed by atoms with Crippen molar-refractivity contribution in [2.24, 2.45) is 5.92 Å². The normalized spacial score (nSPS) is 19.0. The monoisotopic (exact) mass is 437 g/mol. The number of aromatic hydroxyl groups is 1. The minimum absolute atomic E-state index is 0.0732. The van der Waals surface area contributed by atoms with Gasteiger partial charge in [-0.15, -0.1) is 0 Å². The van der Waals surface area contributed by atoms with Gasteiger partial charge in [0.15, 0.2) is 0 Å². The number of carbonyl (C=O) groups excluding carboxylic acids is 2. The van der Waals surface area contributed by atoms with Crippen molar-refractivity contribution < 1.29 is 14.7 Å². The lowest BCUT2D eigenvalue weighted by molar-refractivity contribution is 0.0888. The van der Waals surface area contributed by atoms with Gasteiger partial charge in [-0.05, 0) is 37.7 Å². The van der Waals surface area contributed by atoms with E-state index < -0.39 is 0 Å². The van der Waals surface area contributed by atoms with Gasteiger partial charge in [0.1, 0.15) is 5.75 Å². The van der Waals surface area contributed by atoms with Crippen LogP contribution in [0.25, 0.3) is 0 Å². The van der Waals surface area contributed by atoms with Crippen LogP contribution in [0.3, 0.4) is 0 Å². The summed E-state index contributed by atoms with van der Waals surface area (Å²) in [5.41, 5.74) is 6.05. The minimum atomic E-state index is -0.328. The summed E-state index contributed by atoms with van der Waals surface area (Å²) in [5.74, 6) is 0.118. The van der Waals surface area contributed by atoms with Gasteiger partial charge >= 0.3 is 6.03 Å². The number of nitrogen functional groups attached to an aromatic ring is 1. The average molecular weight is 438 g/mol. The van der Waals surface area contributed by atoms with E-state index in [-0.39, 0.29) is 40.0 Å². The molecule has 0 atom stereocenters. The second-order valence-corrected chi connectivity index (χ2v) is 8.95. The first-order valence-electron chi connectivity index (χ1n) is 10.5. The molecule has 9 heteroatoms. The maximum atomic E-state index is 12.5. The van der Waals surface area contributed by atoms with Gasteiger partial charge in [0.2, 0.25) is 0 Å². The fraction of sp³-hybridized carbons (Fsp3) is 0.619. The van der Waals surface area contributed by atoms with Gasteiger partial charge < -0.3 is 30.9 Å². The Hall–Kier alpha value is -2.19. The summed E-state index contributed by atoms with van der Waals surface area (Å²) in [6, 6.07) is 2.88. The molecule has 30 heavy (non-hydrogen) atoms. The maximum Gasteiger partial charge on any atom is 0.319 e. The van der Waals surface area contributed by atoms with Crippen LogP contribution in [-0.4, -0.2) is 84.6 Å². The van der Waals surface area contributed by atoms with Gasteiger partial charge in [0.05, 0.1) is 16.3 Å². The highest BCUT2D eigenvalue weighted by Crippen LogP contribution is 2.28. The second-order valence-electron chi connectivity index (χ2n) is 8.55. The van der Waals surface area contributed by atoms with Crippen molar-refractivity contribution in [3.8, 4) is 5.75 Å². The van der Waals surface area contributed by atoms with E-state index in [9.17, 15) is 14.7 Å². The number of halogens is 1. The Kier molecular flexibility index (Phi) is 7.31.